The zero-order valence-corrected chi connectivity index (χ0v) is 12.6. The Labute approximate surface area is 123 Å². The minimum Gasteiger partial charge on any atom is -0.352 e. The van der Waals surface area contributed by atoms with Gasteiger partial charge in [0.05, 0.1) is 35.3 Å². The molecule has 1 unspecified atom stereocenters. The molecule has 2 aromatic rings. The van der Waals surface area contributed by atoms with Crippen LogP contribution in [0.25, 0.3) is 11.0 Å². The van der Waals surface area contributed by atoms with Crippen molar-refractivity contribution in [1.82, 2.24) is 14.9 Å². The van der Waals surface area contributed by atoms with Crippen molar-refractivity contribution in [3.63, 3.8) is 0 Å². The molecule has 1 atom stereocenters. The first-order valence-corrected chi connectivity index (χ1v) is 8.65. The summed E-state index contributed by atoms with van der Waals surface area (Å²) in [5.74, 6) is 0.0722. The van der Waals surface area contributed by atoms with Crippen molar-refractivity contribution in [2.24, 2.45) is 7.05 Å². The summed E-state index contributed by atoms with van der Waals surface area (Å²) in [7, 11) is -1.05. The monoisotopic (exact) mass is 307 g/mol. The number of aromatic nitrogens is 2. The smallest absolute Gasteiger partial charge is 0.224 e. The van der Waals surface area contributed by atoms with E-state index in [1.807, 2.05) is 29.8 Å². The van der Waals surface area contributed by atoms with Crippen LogP contribution in [-0.4, -0.2) is 41.4 Å². The normalized spacial score (nSPS) is 20.7. The van der Waals surface area contributed by atoms with Crippen LogP contribution in [0.4, 0.5) is 0 Å². The van der Waals surface area contributed by atoms with Crippen molar-refractivity contribution in [1.29, 1.82) is 0 Å². The minimum atomic E-state index is -2.97. The number of sulfone groups is 1. The predicted molar refractivity (Wildman–Crippen MR) is 79.6 cm³/mol. The van der Waals surface area contributed by atoms with Gasteiger partial charge in [0.1, 0.15) is 0 Å². The summed E-state index contributed by atoms with van der Waals surface area (Å²) in [6, 6.07) is 5.47. The highest BCUT2D eigenvalue weighted by molar-refractivity contribution is 7.91. The molecule has 0 saturated carbocycles. The van der Waals surface area contributed by atoms with Crippen molar-refractivity contribution in [3.05, 3.63) is 30.1 Å². The summed E-state index contributed by atoms with van der Waals surface area (Å²) in [5, 5.41) is 2.79. The van der Waals surface area contributed by atoms with Crippen LogP contribution < -0.4 is 5.32 Å². The van der Waals surface area contributed by atoms with Gasteiger partial charge in [0.25, 0.3) is 0 Å². The van der Waals surface area contributed by atoms with Gasteiger partial charge in [-0.1, -0.05) is 6.07 Å². The van der Waals surface area contributed by atoms with Crippen molar-refractivity contribution in [2.45, 2.75) is 18.9 Å². The fourth-order valence-corrected chi connectivity index (χ4v) is 4.34. The highest BCUT2D eigenvalue weighted by Gasteiger charge is 2.28. The molecule has 0 bridgehead atoms. The van der Waals surface area contributed by atoms with Crippen LogP contribution in [-0.2, 0) is 28.1 Å². The van der Waals surface area contributed by atoms with Gasteiger partial charge >= 0.3 is 0 Å². The van der Waals surface area contributed by atoms with E-state index in [1.54, 1.807) is 6.33 Å². The van der Waals surface area contributed by atoms with E-state index >= 15 is 0 Å². The topological polar surface area (TPSA) is 81.1 Å². The number of rotatable bonds is 3. The maximum Gasteiger partial charge on any atom is 0.224 e. The first kappa shape index (κ1) is 14.1. The molecule has 6 nitrogen and oxygen atoms in total. The number of benzene rings is 1. The Balaban J connectivity index is 1.66. The average Bonchev–Trinajstić information content (AvgIpc) is 2.93. The summed E-state index contributed by atoms with van der Waals surface area (Å²) in [5.41, 5.74) is 2.74. The Bertz CT molecular complexity index is 795. The van der Waals surface area contributed by atoms with Crippen molar-refractivity contribution >= 4 is 26.8 Å². The Kier molecular flexibility index (Phi) is 3.44. The third kappa shape index (κ3) is 3.07. The molecule has 1 aromatic carbocycles. The number of nitrogens with one attached hydrogen (secondary N) is 1. The lowest BCUT2D eigenvalue weighted by Gasteiger charge is -2.10. The predicted octanol–water partition coefficient (Wildman–Crippen LogP) is 0.419. The first-order valence-electron chi connectivity index (χ1n) is 6.83. The summed E-state index contributed by atoms with van der Waals surface area (Å²) < 4.78 is 24.7. The SMILES string of the molecule is Cn1cnc2cc(CC(=O)NC3CCS(=O)(=O)C3)ccc21. The van der Waals surface area contributed by atoms with Gasteiger partial charge in [-0.25, -0.2) is 13.4 Å². The molecule has 0 aliphatic carbocycles. The molecule has 3 rings (SSSR count). The van der Waals surface area contributed by atoms with Crippen LogP contribution in [0.2, 0.25) is 0 Å². The molecule has 1 aliphatic rings. The second kappa shape index (κ2) is 5.14. The maximum absolute atomic E-state index is 12.0. The lowest BCUT2D eigenvalue weighted by molar-refractivity contribution is -0.120. The molecule has 0 spiro atoms. The minimum absolute atomic E-state index is 0.0536. The zero-order valence-electron chi connectivity index (χ0n) is 11.7. The largest absolute Gasteiger partial charge is 0.352 e. The first-order chi connectivity index (χ1) is 9.93. The number of imidazole rings is 1. The number of fused-ring (bicyclic) bond motifs is 1. The van der Waals surface area contributed by atoms with E-state index in [4.69, 9.17) is 0 Å². The number of amides is 1. The molecule has 0 radical (unpaired) electrons. The van der Waals surface area contributed by atoms with E-state index in [1.165, 1.54) is 0 Å². The number of carbonyl (C=O) groups is 1. The second-order valence-electron chi connectivity index (χ2n) is 5.52. The zero-order chi connectivity index (χ0) is 15.0. The highest BCUT2D eigenvalue weighted by Crippen LogP contribution is 2.15. The van der Waals surface area contributed by atoms with Gasteiger partial charge < -0.3 is 9.88 Å². The van der Waals surface area contributed by atoms with Gasteiger partial charge in [0.2, 0.25) is 5.91 Å². The molecule has 7 heteroatoms. The van der Waals surface area contributed by atoms with E-state index in [9.17, 15) is 13.2 Å². The fraction of sp³-hybridized carbons (Fsp3) is 0.429. The van der Waals surface area contributed by atoms with Gasteiger partial charge in [-0.15, -0.1) is 0 Å². The van der Waals surface area contributed by atoms with Crippen LogP contribution in [0, 0.1) is 0 Å². The van der Waals surface area contributed by atoms with E-state index in [0.29, 0.717) is 6.42 Å². The Hall–Kier alpha value is -1.89. The Morgan fingerprint density at radius 1 is 1.48 bits per heavy atom. The number of hydrogen-bond acceptors (Lipinski definition) is 4. The van der Waals surface area contributed by atoms with Gasteiger partial charge in [-0.3, -0.25) is 4.79 Å². The fourth-order valence-electron chi connectivity index (χ4n) is 2.66. The highest BCUT2D eigenvalue weighted by atomic mass is 32.2. The lowest BCUT2D eigenvalue weighted by Crippen LogP contribution is -2.36. The Morgan fingerprint density at radius 3 is 3.00 bits per heavy atom. The average molecular weight is 307 g/mol. The van der Waals surface area contributed by atoms with Crippen LogP contribution in [0.1, 0.15) is 12.0 Å². The van der Waals surface area contributed by atoms with Gasteiger partial charge in [-0.05, 0) is 24.1 Å². The molecule has 2 heterocycles. The molecular weight excluding hydrogens is 290 g/mol. The van der Waals surface area contributed by atoms with E-state index in [-0.39, 0.29) is 29.9 Å². The summed E-state index contributed by atoms with van der Waals surface area (Å²) in [6.45, 7) is 0. The second-order valence-corrected chi connectivity index (χ2v) is 7.75. The summed E-state index contributed by atoms with van der Waals surface area (Å²) >= 11 is 0. The molecule has 112 valence electrons. The van der Waals surface area contributed by atoms with Crippen molar-refractivity contribution in [3.8, 4) is 0 Å². The van der Waals surface area contributed by atoms with Crippen LogP contribution in [0.3, 0.4) is 0 Å². The van der Waals surface area contributed by atoms with Crippen molar-refractivity contribution < 1.29 is 13.2 Å². The molecule has 1 amide bonds. The van der Waals surface area contributed by atoms with Crippen LogP contribution >= 0.6 is 0 Å². The van der Waals surface area contributed by atoms with E-state index in [2.05, 4.69) is 10.3 Å². The molecule has 21 heavy (non-hydrogen) atoms. The molecule has 1 N–H and O–H groups in total. The maximum atomic E-state index is 12.0. The third-order valence-corrected chi connectivity index (χ3v) is 5.52. The summed E-state index contributed by atoms with van der Waals surface area (Å²) in [6.07, 6.45) is 2.48. The molecule has 1 aromatic heterocycles. The quantitative estimate of drug-likeness (QED) is 0.891. The number of carbonyl (C=O) groups excluding carboxylic acids is 1. The number of hydrogen-bond donors (Lipinski definition) is 1. The standard InChI is InChI=1S/C14H17N3O3S/c1-17-9-15-12-6-10(2-3-13(12)17)7-14(18)16-11-4-5-21(19,20)8-11/h2-3,6,9,11H,4-5,7-8H2,1H3,(H,16,18). The van der Waals surface area contributed by atoms with E-state index < -0.39 is 9.84 Å². The number of aryl methyl sites for hydroxylation is 1. The van der Waals surface area contributed by atoms with E-state index in [0.717, 1.165) is 16.6 Å². The third-order valence-electron chi connectivity index (χ3n) is 3.75. The lowest BCUT2D eigenvalue weighted by atomic mass is 10.1. The summed E-state index contributed by atoms with van der Waals surface area (Å²) in [4.78, 5) is 16.2. The molecular formula is C14H17N3O3S. The number of nitrogens with zero attached hydrogens (tertiary/aromatic N) is 2. The molecule has 1 fully saturated rings. The van der Waals surface area contributed by atoms with Crippen LogP contribution in [0.15, 0.2) is 24.5 Å². The Morgan fingerprint density at radius 2 is 2.29 bits per heavy atom. The van der Waals surface area contributed by atoms with Gasteiger partial charge in [0.15, 0.2) is 9.84 Å². The van der Waals surface area contributed by atoms with Gasteiger partial charge in [-0.2, -0.15) is 0 Å². The molecule has 1 aliphatic heterocycles. The molecule has 1 saturated heterocycles. The van der Waals surface area contributed by atoms with Gasteiger partial charge in [0, 0.05) is 13.1 Å². The van der Waals surface area contributed by atoms with Crippen molar-refractivity contribution in [2.75, 3.05) is 11.5 Å². The van der Waals surface area contributed by atoms with Crippen LogP contribution in [0.5, 0.6) is 0 Å².